The third-order valence-electron chi connectivity index (χ3n) is 2.83. The number of aryl methyl sites for hydroxylation is 2. The second-order valence-electron chi connectivity index (χ2n) is 3.73. The van der Waals surface area contributed by atoms with E-state index in [-0.39, 0.29) is 0 Å². The summed E-state index contributed by atoms with van der Waals surface area (Å²) < 4.78 is 2.36. The molecule has 0 amide bonds. The SMILES string of the molecule is CCCn1c(C)c(C)c2ncccc21. The lowest BCUT2D eigenvalue weighted by Gasteiger charge is -2.05. The highest BCUT2D eigenvalue weighted by atomic mass is 15.0. The van der Waals surface area contributed by atoms with Crippen molar-refractivity contribution in [1.82, 2.24) is 9.55 Å². The van der Waals surface area contributed by atoms with Crippen LogP contribution in [0.4, 0.5) is 0 Å². The first kappa shape index (κ1) is 9.25. The van der Waals surface area contributed by atoms with Gasteiger partial charge in [-0.3, -0.25) is 4.98 Å². The zero-order chi connectivity index (χ0) is 10.1. The van der Waals surface area contributed by atoms with Crippen LogP contribution >= 0.6 is 0 Å². The van der Waals surface area contributed by atoms with Crippen LogP contribution in [-0.2, 0) is 6.54 Å². The summed E-state index contributed by atoms with van der Waals surface area (Å²) in [5.41, 5.74) is 5.08. The van der Waals surface area contributed by atoms with E-state index in [2.05, 4.69) is 36.4 Å². The quantitative estimate of drug-likeness (QED) is 0.708. The molecule has 2 heteroatoms. The highest BCUT2D eigenvalue weighted by Gasteiger charge is 2.09. The molecule has 2 rings (SSSR count). The van der Waals surface area contributed by atoms with Crippen molar-refractivity contribution in [2.45, 2.75) is 33.7 Å². The smallest absolute Gasteiger partial charge is 0.0912 e. The first-order valence-corrected chi connectivity index (χ1v) is 5.16. The number of rotatable bonds is 2. The molecule has 0 fully saturated rings. The average Bonchev–Trinajstić information content (AvgIpc) is 2.45. The predicted molar refractivity (Wildman–Crippen MR) is 59.5 cm³/mol. The molecule has 0 aliphatic rings. The lowest BCUT2D eigenvalue weighted by Crippen LogP contribution is -1.98. The molecule has 0 aliphatic heterocycles. The molecule has 0 radical (unpaired) electrons. The lowest BCUT2D eigenvalue weighted by molar-refractivity contribution is 0.683. The zero-order valence-corrected chi connectivity index (χ0v) is 9.04. The first-order chi connectivity index (χ1) is 6.75. The fourth-order valence-electron chi connectivity index (χ4n) is 1.97. The van der Waals surface area contributed by atoms with Crippen molar-refractivity contribution in [3.05, 3.63) is 29.6 Å². The van der Waals surface area contributed by atoms with E-state index in [9.17, 15) is 0 Å². The van der Waals surface area contributed by atoms with E-state index in [1.54, 1.807) is 0 Å². The maximum absolute atomic E-state index is 4.42. The first-order valence-electron chi connectivity index (χ1n) is 5.16. The van der Waals surface area contributed by atoms with Gasteiger partial charge in [0.25, 0.3) is 0 Å². The topological polar surface area (TPSA) is 17.8 Å². The van der Waals surface area contributed by atoms with E-state index in [1.807, 2.05) is 12.3 Å². The van der Waals surface area contributed by atoms with E-state index >= 15 is 0 Å². The fourth-order valence-corrected chi connectivity index (χ4v) is 1.97. The summed E-state index contributed by atoms with van der Waals surface area (Å²) in [4.78, 5) is 4.42. The molecule has 0 spiro atoms. The van der Waals surface area contributed by atoms with Crippen molar-refractivity contribution in [2.24, 2.45) is 0 Å². The van der Waals surface area contributed by atoms with Crippen molar-refractivity contribution >= 4 is 11.0 Å². The van der Waals surface area contributed by atoms with Gasteiger partial charge in [0.15, 0.2) is 0 Å². The Kier molecular flexibility index (Phi) is 2.28. The van der Waals surface area contributed by atoms with Crippen LogP contribution in [0, 0.1) is 13.8 Å². The molecular weight excluding hydrogens is 172 g/mol. The molecule has 0 bridgehead atoms. The Morgan fingerprint density at radius 2 is 2.14 bits per heavy atom. The standard InChI is InChI=1S/C12H16N2/c1-4-8-14-10(3)9(2)12-11(14)6-5-7-13-12/h5-7H,4,8H2,1-3H3. The normalized spacial score (nSPS) is 11.1. The summed E-state index contributed by atoms with van der Waals surface area (Å²) in [6.07, 6.45) is 3.03. The Labute approximate surface area is 84.6 Å². The zero-order valence-electron chi connectivity index (χ0n) is 9.04. The Bertz CT molecular complexity index is 455. The van der Waals surface area contributed by atoms with Crippen LogP contribution in [0.5, 0.6) is 0 Å². The van der Waals surface area contributed by atoms with Crippen LogP contribution in [0.15, 0.2) is 18.3 Å². The second-order valence-corrected chi connectivity index (χ2v) is 3.73. The molecule has 0 aliphatic carbocycles. The number of hydrogen-bond donors (Lipinski definition) is 0. The van der Waals surface area contributed by atoms with Gasteiger partial charge in [0.1, 0.15) is 0 Å². The van der Waals surface area contributed by atoms with Gasteiger partial charge in [-0.1, -0.05) is 6.92 Å². The Morgan fingerprint density at radius 3 is 2.86 bits per heavy atom. The van der Waals surface area contributed by atoms with E-state index in [0.717, 1.165) is 12.1 Å². The number of fused-ring (bicyclic) bond motifs is 1. The van der Waals surface area contributed by atoms with Gasteiger partial charge in [-0.2, -0.15) is 0 Å². The minimum absolute atomic E-state index is 1.09. The van der Waals surface area contributed by atoms with Gasteiger partial charge in [-0.15, -0.1) is 0 Å². The molecule has 0 atom stereocenters. The fraction of sp³-hybridized carbons (Fsp3) is 0.417. The Balaban J connectivity index is 2.74. The third kappa shape index (κ3) is 1.22. The number of hydrogen-bond acceptors (Lipinski definition) is 1. The molecule has 2 aromatic heterocycles. The van der Waals surface area contributed by atoms with Gasteiger partial charge in [0, 0.05) is 18.4 Å². The minimum Gasteiger partial charge on any atom is -0.343 e. The maximum Gasteiger partial charge on any atom is 0.0912 e. The van der Waals surface area contributed by atoms with Crippen LogP contribution in [0.3, 0.4) is 0 Å². The van der Waals surface area contributed by atoms with Crippen molar-refractivity contribution in [3.63, 3.8) is 0 Å². The van der Waals surface area contributed by atoms with E-state index in [1.165, 1.54) is 23.2 Å². The summed E-state index contributed by atoms with van der Waals surface area (Å²) in [5, 5.41) is 0. The Hall–Kier alpha value is -1.31. The lowest BCUT2D eigenvalue weighted by atomic mass is 10.2. The Morgan fingerprint density at radius 1 is 1.36 bits per heavy atom. The number of nitrogens with zero attached hydrogens (tertiary/aromatic N) is 2. The molecule has 2 heterocycles. The largest absolute Gasteiger partial charge is 0.343 e. The third-order valence-corrected chi connectivity index (χ3v) is 2.83. The summed E-state index contributed by atoms with van der Waals surface area (Å²) in [5.74, 6) is 0. The minimum atomic E-state index is 1.09. The molecule has 0 saturated heterocycles. The van der Waals surface area contributed by atoms with Gasteiger partial charge in [-0.25, -0.2) is 0 Å². The summed E-state index contributed by atoms with van der Waals surface area (Å²) in [6, 6.07) is 4.16. The molecule has 0 unspecified atom stereocenters. The van der Waals surface area contributed by atoms with Crippen molar-refractivity contribution in [2.75, 3.05) is 0 Å². The molecular formula is C12H16N2. The van der Waals surface area contributed by atoms with Gasteiger partial charge in [-0.05, 0) is 38.0 Å². The summed E-state index contributed by atoms with van der Waals surface area (Å²) in [6.45, 7) is 7.61. The molecule has 2 aromatic rings. The number of pyridine rings is 1. The van der Waals surface area contributed by atoms with Crippen LogP contribution in [0.1, 0.15) is 24.6 Å². The highest BCUT2D eigenvalue weighted by molar-refractivity contribution is 5.80. The van der Waals surface area contributed by atoms with Gasteiger partial charge >= 0.3 is 0 Å². The second kappa shape index (κ2) is 3.45. The van der Waals surface area contributed by atoms with Crippen LogP contribution in [0.2, 0.25) is 0 Å². The van der Waals surface area contributed by atoms with Crippen molar-refractivity contribution < 1.29 is 0 Å². The van der Waals surface area contributed by atoms with Crippen LogP contribution in [-0.4, -0.2) is 9.55 Å². The van der Waals surface area contributed by atoms with E-state index in [4.69, 9.17) is 0 Å². The summed E-state index contributed by atoms with van der Waals surface area (Å²) >= 11 is 0. The van der Waals surface area contributed by atoms with Gasteiger partial charge in [0.2, 0.25) is 0 Å². The van der Waals surface area contributed by atoms with Crippen LogP contribution < -0.4 is 0 Å². The van der Waals surface area contributed by atoms with Gasteiger partial charge in [0.05, 0.1) is 11.0 Å². The molecule has 14 heavy (non-hydrogen) atoms. The van der Waals surface area contributed by atoms with E-state index < -0.39 is 0 Å². The predicted octanol–water partition coefficient (Wildman–Crippen LogP) is 3.06. The molecule has 0 N–H and O–H groups in total. The summed E-state index contributed by atoms with van der Waals surface area (Å²) in [7, 11) is 0. The van der Waals surface area contributed by atoms with Crippen molar-refractivity contribution in [1.29, 1.82) is 0 Å². The molecule has 74 valence electrons. The van der Waals surface area contributed by atoms with Crippen molar-refractivity contribution in [3.8, 4) is 0 Å². The number of aromatic nitrogens is 2. The van der Waals surface area contributed by atoms with Gasteiger partial charge < -0.3 is 4.57 Å². The average molecular weight is 188 g/mol. The highest BCUT2D eigenvalue weighted by Crippen LogP contribution is 2.22. The molecule has 2 nitrogen and oxygen atoms in total. The van der Waals surface area contributed by atoms with E-state index in [0.29, 0.717) is 0 Å². The molecule has 0 aromatic carbocycles. The maximum atomic E-state index is 4.42. The molecule has 0 saturated carbocycles. The van der Waals surface area contributed by atoms with Crippen LogP contribution in [0.25, 0.3) is 11.0 Å². The monoisotopic (exact) mass is 188 g/mol.